The fourth-order valence-electron chi connectivity index (χ4n) is 2.61. The summed E-state index contributed by atoms with van der Waals surface area (Å²) >= 11 is 0. The van der Waals surface area contributed by atoms with Crippen molar-refractivity contribution in [2.75, 3.05) is 13.2 Å². The average molecular weight is 383 g/mol. The summed E-state index contributed by atoms with van der Waals surface area (Å²) in [6.07, 6.45) is 1.78. The Bertz CT molecular complexity index is 789. The molecular weight excluding hydrogens is 358 g/mol. The van der Waals surface area contributed by atoms with Gasteiger partial charge in [-0.1, -0.05) is 49.4 Å². The molecule has 1 aliphatic carbocycles. The number of amides is 1. The summed E-state index contributed by atoms with van der Waals surface area (Å²) in [5, 5.41) is 2.89. The Morgan fingerprint density at radius 1 is 1.00 bits per heavy atom. The number of hydrogen-bond donors (Lipinski definition) is 1. The van der Waals surface area contributed by atoms with Crippen molar-refractivity contribution in [1.29, 1.82) is 0 Å². The number of carbonyl (C=O) groups excluding carboxylic acids is 2. The van der Waals surface area contributed by atoms with Gasteiger partial charge in [-0.2, -0.15) is 0 Å². The summed E-state index contributed by atoms with van der Waals surface area (Å²) in [6, 6.07) is 16.3. The molecule has 1 fully saturated rings. The van der Waals surface area contributed by atoms with Crippen LogP contribution in [0.15, 0.2) is 54.6 Å². The monoisotopic (exact) mass is 383 g/mol. The standard InChI is InChI=1S/C22H25NO5/c1-2-14-26-18-10-6-7-11-19(18)27-15-20(24)28-21(16-8-4-3-5-9-16)22(25)23-17-12-13-17/h3-11,17,21H,2,12-15H2,1H3,(H,23,25)/t21-/m1/s1. The van der Waals surface area contributed by atoms with Gasteiger partial charge in [0.1, 0.15) is 0 Å². The molecule has 0 heterocycles. The van der Waals surface area contributed by atoms with Crippen LogP contribution in [0.2, 0.25) is 0 Å². The summed E-state index contributed by atoms with van der Waals surface area (Å²) in [4.78, 5) is 24.9. The minimum Gasteiger partial charge on any atom is -0.490 e. The van der Waals surface area contributed by atoms with Gasteiger partial charge >= 0.3 is 5.97 Å². The highest BCUT2D eigenvalue weighted by Gasteiger charge is 2.30. The molecule has 0 saturated heterocycles. The van der Waals surface area contributed by atoms with Crippen LogP contribution in [-0.4, -0.2) is 31.1 Å². The zero-order chi connectivity index (χ0) is 19.8. The van der Waals surface area contributed by atoms with Crippen LogP contribution in [-0.2, 0) is 14.3 Å². The first-order valence-corrected chi connectivity index (χ1v) is 9.56. The van der Waals surface area contributed by atoms with Gasteiger partial charge in [0.15, 0.2) is 18.1 Å². The number of esters is 1. The summed E-state index contributed by atoms with van der Waals surface area (Å²) in [5.41, 5.74) is 0.626. The largest absolute Gasteiger partial charge is 0.490 e. The highest BCUT2D eigenvalue weighted by molar-refractivity contribution is 5.85. The molecule has 0 spiro atoms. The van der Waals surface area contributed by atoms with Crippen molar-refractivity contribution >= 4 is 11.9 Å². The van der Waals surface area contributed by atoms with E-state index in [4.69, 9.17) is 14.2 Å². The Balaban J connectivity index is 1.61. The fourth-order valence-corrected chi connectivity index (χ4v) is 2.61. The van der Waals surface area contributed by atoms with Crippen molar-refractivity contribution in [3.63, 3.8) is 0 Å². The maximum Gasteiger partial charge on any atom is 0.345 e. The van der Waals surface area contributed by atoms with Gasteiger partial charge in [-0.25, -0.2) is 4.79 Å². The first-order chi connectivity index (χ1) is 13.7. The van der Waals surface area contributed by atoms with Crippen LogP contribution in [0.5, 0.6) is 11.5 Å². The Morgan fingerprint density at radius 3 is 2.29 bits per heavy atom. The average Bonchev–Trinajstić information content (AvgIpc) is 3.54. The summed E-state index contributed by atoms with van der Waals surface area (Å²) < 4.78 is 16.6. The molecule has 0 radical (unpaired) electrons. The molecule has 0 unspecified atom stereocenters. The van der Waals surface area contributed by atoms with Gasteiger partial charge < -0.3 is 19.5 Å². The van der Waals surface area contributed by atoms with E-state index in [9.17, 15) is 9.59 Å². The lowest BCUT2D eigenvalue weighted by atomic mass is 10.1. The topological polar surface area (TPSA) is 73.9 Å². The lowest BCUT2D eigenvalue weighted by Crippen LogP contribution is -2.34. The second-order valence-electron chi connectivity index (χ2n) is 6.65. The van der Waals surface area contributed by atoms with E-state index in [0.29, 0.717) is 23.7 Å². The zero-order valence-corrected chi connectivity index (χ0v) is 15.9. The highest BCUT2D eigenvalue weighted by atomic mass is 16.6. The molecule has 28 heavy (non-hydrogen) atoms. The maximum atomic E-state index is 12.5. The first-order valence-electron chi connectivity index (χ1n) is 9.56. The number of nitrogens with one attached hydrogen (secondary N) is 1. The first kappa shape index (κ1) is 19.7. The Hall–Kier alpha value is -3.02. The normalized spacial score (nSPS) is 14.0. The highest BCUT2D eigenvalue weighted by Crippen LogP contribution is 2.27. The van der Waals surface area contributed by atoms with Crippen molar-refractivity contribution in [1.82, 2.24) is 5.32 Å². The molecule has 0 aromatic heterocycles. The van der Waals surface area contributed by atoms with Crippen LogP contribution in [0.25, 0.3) is 0 Å². The third kappa shape index (κ3) is 5.74. The second kappa shape index (κ2) is 9.78. The maximum absolute atomic E-state index is 12.5. The zero-order valence-electron chi connectivity index (χ0n) is 15.9. The van der Waals surface area contributed by atoms with E-state index in [1.165, 1.54) is 0 Å². The van der Waals surface area contributed by atoms with Gasteiger partial charge in [0.25, 0.3) is 5.91 Å². The number of carbonyl (C=O) groups is 2. The van der Waals surface area contributed by atoms with Crippen molar-refractivity contribution in [2.45, 2.75) is 38.3 Å². The van der Waals surface area contributed by atoms with E-state index < -0.39 is 12.1 Å². The van der Waals surface area contributed by atoms with Crippen LogP contribution in [0, 0.1) is 0 Å². The predicted octanol–water partition coefficient (Wildman–Crippen LogP) is 3.42. The van der Waals surface area contributed by atoms with E-state index in [-0.39, 0.29) is 18.6 Å². The van der Waals surface area contributed by atoms with Crippen LogP contribution < -0.4 is 14.8 Å². The molecule has 0 aliphatic heterocycles. The summed E-state index contributed by atoms with van der Waals surface area (Å²) in [5.74, 6) is 0.105. The lowest BCUT2D eigenvalue weighted by molar-refractivity contribution is -0.158. The lowest BCUT2D eigenvalue weighted by Gasteiger charge is -2.18. The molecule has 6 nitrogen and oxygen atoms in total. The molecular formula is C22H25NO5. The Labute approximate surface area is 164 Å². The van der Waals surface area contributed by atoms with Gasteiger partial charge in [-0.15, -0.1) is 0 Å². The van der Waals surface area contributed by atoms with Crippen LogP contribution in [0.3, 0.4) is 0 Å². The van der Waals surface area contributed by atoms with Crippen molar-refractivity contribution in [3.8, 4) is 11.5 Å². The number of hydrogen-bond acceptors (Lipinski definition) is 5. The van der Waals surface area contributed by atoms with E-state index in [2.05, 4.69) is 5.32 Å². The number of ether oxygens (including phenoxy) is 3. The van der Waals surface area contributed by atoms with Gasteiger partial charge in [0.05, 0.1) is 6.61 Å². The van der Waals surface area contributed by atoms with Gasteiger partial charge in [-0.05, 0) is 31.4 Å². The van der Waals surface area contributed by atoms with E-state index in [0.717, 1.165) is 19.3 Å². The summed E-state index contributed by atoms with van der Waals surface area (Å²) in [6.45, 7) is 2.26. The molecule has 1 aliphatic rings. The number of benzene rings is 2. The molecule has 1 N–H and O–H groups in total. The molecule has 2 aromatic rings. The molecule has 3 rings (SSSR count). The third-order valence-corrected chi connectivity index (χ3v) is 4.17. The molecule has 2 aromatic carbocycles. The molecule has 1 atom stereocenters. The van der Waals surface area contributed by atoms with Crippen molar-refractivity contribution in [3.05, 3.63) is 60.2 Å². The minimum atomic E-state index is -0.996. The smallest absolute Gasteiger partial charge is 0.345 e. The molecule has 1 saturated carbocycles. The van der Waals surface area contributed by atoms with Crippen LogP contribution in [0.4, 0.5) is 0 Å². The van der Waals surface area contributed by atoms with Gasteiger partial charge in [0, 0.05) is 11.6 Å². The van der Waals surface area contributed by atoms with Crippen molar-refractivity contribution < 1.29 is 23.8 Å². The fraction of sp³-hybridized carbons (Fsp3) is 0.364. The number of para-hydroxylation sites is 2. The van der Waals surface area contributed by atoms with E-state index in [1.807, 2.05) is 19.1 Å². The van der Waals surface area contributed by atoms with Gasteiger partial charge in [-0.3, -0.25) is 4.79 Å². The summed E-state index contributed by atoms with van der Waals surface area (Å²) in [7, 11) is 0. The number of rotatable bonds is 10. The van der Waals surface area contributed by atoms with Crippen molar-refractivity contribution in [2.24, 2.45) is 0 Å². The quantitative estimate of drug-likeness (QED) is 0.637. The third-order valence-electron chi connectivity index (χ3n) is 4.17. The molecule has 0 bridgehead atoms. The van der Waals surface area contributed by atoms with E-state index in [1.54, 1.807) is 42.5 Å². The van der Waals surface area contributed by atoms with Crippen LogP contribution >= 0.6 is 0 Å². The predicted molar refractivity (Wildman–Crippen MR) is 104 cm³/mol. The van der Waals surface area contributed by atoms with Gasteiger partial charge in [0.2, 0.25) is 6.10 Å². The molecule has 1 amide bonds. The second-order valence-corrected chi connectivity index (χ2v) is 6.65. The van der Waals surface area contributed by atoms with Crippen LogP contribution in [0.1, 0.15) is 37.9 Å². The Morgan fingerprint density at radius 2 is 1.64 bits per heavy atom. The van der Waals surface area contributed by atoms with E-state index >= 15 is 0 Å². The molecule has 148 valence electrons. The SMILES string of the molecule is CCCOc1ccccc1OCC(=O)O[C@@H](C(=O)NC1CC1)c1ccccc1. The minimum absolute atomic E-state index is 0.177. The molecule has 6 heteroatoms. The Kier molecular flexibility index (Phi) is 6.89.